The van der Waals surface area contributed by atoms with E-state index in [0.29, 0.717) is 6.42 Å². The van der Waals surface area contributed by atoms with Gasteiger partial charge in [0.05, 0.1) is 33.5 Å². The summed E-state index contributed by atoms with van der Waals surface area (Å²) in [6.07, 6.45) is 20.2. The zero-order valence-corrected chi connectivity index (χ0v) is 44.1. The van der Waals surface area contributed by atoms with Gasteiger partial charge in [0.25, 0.3) is 0 Å². The van der Waals surface area contributed by atoms with Crippen molar-refractivity contribution in [3.8, 4) is 34.9 Å². The molecule has 376 valence electrons. The highest BCUT2D eigenvalue weighted by molar-refractivity contribution is 6.12. The predicted octanol–water partition coefficient (Wildman–Crippen LogP) is 19.0. The molecular weight excluding hydrogens is 949 g/mol. The van der Waals surface area contributed by atoms with Crippen LogP contribution in [0.15, 0.2) is 260 Å². The monoisotopic (exact) mass is 1010 g/mol. The molecule has 0 saturated heterocycles. The summed E-state index contributed by atoms with van der Waals surface area (Å²) in [7, 11) is 0. The van der Waals surface area contributed by atoms with Crippen molar-refractivity contribution >= 4 is 84.0 Å². The van der Waals surface area contributed by atoms with Crippen molar-refractivity contribution in [2.75, 3.05) is 21.2 Å². The third-order valence-corrected chi connectivity index (χ3v) is 14.6. The number of nitrogens with zero attached hydrogens (tertiary/aromatic N) is 6. The number of terminal acetylenes is 1. The Kier molecular flexibility index (Phi) is 13.6. The normalized spacial score (nSPS) is 13.8. The molecule has 78 heavy (non-hydrogen) atoms. The zero-order chi connectivity index (χ0) is 53.0. The molecule has 0 saturated carbocycles. The first-order valence-electron chi connectivity index (χ1n) is 26.7. The van der Waals surface area contributed by atoms with Crippen LogP contribution >= 0.6 is 0 Å². The summed E-state index contributed by atoms with van der Waals surface area (Å²) in [6, 6.07) is 78.0. The van der Waals surface area contributed by atoms with Crippen molar-refractivity contribution in [2.45, 2.75) is 33.6 Å². The molecule has 2 aromatic heterocycles. The van der Waals surface area contributed by atoms with Crippen molar-refractivity contribution in [1.29, 1.82) is 0 Å². The largest absolute Gasteiger partial charge is 0.337 e. The van der Waals surface area contributed by atoms with E-state index in [2.05, 4.69) is 277 Å². The van der Waals surface area contributed by atoms with E-state index in [1.807, 2.05) is 24.3 Å². The van der Waals surface area contributed by atoms with E-state index in [0.717, 1.165) is 97.4 Å². The fraction of sp³-hybridized carbons (Fsp3) is 0.0833. The van der Waals surface area contributed by atoms with Gasteiger partial charge >= 0.3 is 0 Å². The van der Waals surface area contributed by atoms with Gasteiger partial charge in [0.1, 0.15) is 0 Å². The molecule has 0 fully saturated rings. The summed E-state index contributed by atoms with van der Waals surface area (Å²) in [5.41, 5.74) is 21.1. The van der Waals surface area contributed by atoms with Gasteiger partial charge < -0.3 is 19.3 Å². The lowest BCUT2D eigenvalue weighted by molar-refractivity contribution is 1.07. The summed E-state index contributed by atoms with van der Waals surface area (Å²) in [5.74, 6) is 2.74. The number of aryl methyl sites for hydroxylation is 1. The van der Waals surface area contributed by atoms with Gasteiger partial charge in [0, 0.05) is 86.1 Å². The number of para-hydroxylation sites is 5. The molecule has 6 heteroatoms. The van der Waals surface area contributed by atoms with Gasteiger partial charge in [-0.05, 0) is 160 Å². The highest BCUT2D eigenvalue weighted by Gasteiger charge is 2.22. The lowest BCUT2D eigenvalue weighted by atomic mass is 10.0. The molecule has 0 spiro atoms. The van der Waals surface area contributed by atoms with Crippen molar-refractivity contribution in [2.24, 2.45) is 0 Å². The Morgan fingerprint density at radius 2 is 1.08 bits per heavy atom. The first-order chi connectivity index (χ1) is 38.4. The van der Waals surface area contributed by atoms with Gasteiger partial charge in [0.15, 0.2) is 0 Å². The molecule has 0 atom stereocenters. The number of rotatable bonds is 12. The molecule has 0 N–H and O–H groups in total. The number of hydrogen-bond donors (Lipinski definition) is 0. The third kappa shape index (κ3) is 9.66. The summed E-state index contributed by atoms with van der Waals surface area (Å²) in [4.78, 5) is 17.8. The maximum Gasteiger partial charge on any atom is 0.0973 e. The Bertz CT molecular complexity index is 4140. The Morgan fingerprint density at radius 3 is 1.67 bits per heavy atom. The lowest BCUT2D eigenvalue weighted by Crippen LogP contribution is -2.19. The van der Waals surface area contributed by atoms with Crippen molar-refractivity contribution in [3.05, 3.63) is 272 Å². The van der Waals surface area contributed by atoms with Gasteiger partial charge in [-0.15, -0.1) is 12.3 Å². The van der Waals surface area contributed by atoms with E-state index in [-0.39, 0.29) is 0 Å². The molecule has 1 aliphatic heterocycles. The highest BCUT2D eigenvalue weighted by Crippen LogP contribution is 2.43. The van der Waals surface area contributed by atoms with E-state index in [1.54, 1.807) is 0 Å². The average molecular weight is 1010 g/mol. The van der Waals surface area contributed by atoms with E-state index in [9.17, 15) is 0 Å². The van der Waals surface area contributed by atoms with Crippen LogP contribution in [0.4, 0.5) is 45.5 Å². The van der Waals surface area contributed by atoms with E-state index in [4.69, 9.17) is 16.4 Å². The summed E-state index contributed by atoms with van der Waals surface area (Å²) in [6.45, 7) is 7.19. The standard InChI is InChI=1S/C72H58N6/c1-5-7-11-22-56(6-2)78-69-44-32-52(4)48-64(69)65-50-63(43-46-70(65)78)77(59-27-16-10-17-28-59)61-40-36-54(37-41-61)72-71(73-66-29-18-19-30-67(66)74-72)53-34-38-60(39-35-53)76(58-25-14-9-15-26-58)62-42-45-68-55(49-62)33-31-51(3)21-20-47-75(68)57-23-12-8-13-24-57/h1,6,8-32,34-46,48-50H,7,33,47H2,2-4H3/b21-20-,22-11-,51-31-,56-6+. The Balaban J connectivity index is 0.924. The molecule has 1 aliphatic rings. The van der Waals surface area contributed by atoms with Gasteiger partial charge in [-0.25, -0.2) is 9.97 Å². The number of allylic oxidation sites excluding steroid dienone is 7. The van der Waals surface area contributed by atoms with Crippen molar-refractivity contribution < 1.29 is 0 Å². The first-order valence-corrected chi connectivity index (χ1v) is 26.7. The van der Waals surface area contributed by atoms with Crippen molar-refractivity contribution in [3.63, 3.8) is 0 Å². The van der Waals surface area contributed by atoms with Crippen LogP contribution in [0.3, 0.4) is 0 Å². The summed E-state index contributed by atoms with van der Waals surface area (Å²) < 4.78 is 2.34. The topological polar surface area (TPSA) is 40.4 Å². The van der Waals surface area contributed by atoms with Gasteiger partial charge in [-0.2, -0.15) is 0 Å². The second-order valence-electron chi connectivity index (χ2n) is 19.7. The molecule has 3 heterocycles. The number of benzene rings is 9. The van der Waals surface area contributed by atoms with Gasteiger partial charge in [0.2, 0.25) is 0 Å². The van der Waals surface area contributed by atoms with Crippen LogP contribution in [-0.4, -0.2) is 21.1 Å². The van der Waals surface area contributed by atoms with Crippen LogP contribution in [0.2, 0.25) is 0 Å². The number of aromatic nitrogens is 3. The summed E-state index contributed by atoms with van der Waals surface area (Å²) in [5, 5.41) is 2.37. The third-order valence-electron chi connectivity index (χ3n) is 14.6. The maximum atomic E-state index is 5.64. The molecule has 9 aromatic carbocycles. The molecular formula is C72H58N6. The average Bonchev–Trinajstić information content (AvgIpc) is 3.94. The minimum absolute atomic E-state index is 0.571. The maximum absolute atomic E-state index is 5.64. The fourth-order valence-electron chi connectivity index (χ4n) is 10.8. The van der Waals surface area contributed by atoms with Crippen molar-refractivity contribution in [1.82, 2.24) is 14.5 Å². The Labute approximate surface area is 457 Å². The quantitative estimate of drug-likeness (QED) is 0.0901. The highest BCUT2D eigenvalue weighted by atomic mass is 15.2. The Morgan fingerprint density at radius 1 is 0.564 bits per heavy atom. The first kappa shape index (κ1) is 48.9. The molecule has 11 aromatic rings. The molecule has 6 nitrogen and oxygen atoms in total. The number of anilines is 8. The number of hydrogen-bond acceptors (Lipinski definition) is 5. The minimum Gasteiger partial charge on any atom is -0.337 e. The second-order valence-corrected chi connectivity index (χ2v) is 19.7. The molecule has 0 aliphatic carbocycles. The fourth-order valence-corrected chi connectivity index (χ4v) is 10.8. The minimum atomic E-state index is 0.571. The SMILES string of the molecule is C#CC/C=C\C(=C/C)n1c2ccc(C)cc2c2cc(N(c3ccccc3)c3ccc(-c4nc5ccccc5nc4-c4ccc(N(c5ccccc5)c5ccc6c(c5)C/C=C(C)\C=C/CN6c5ccccc5)cc4)cc3)ccc21. The molecule has 0 bridgehead atoms. The van der Waals surface area contributed by atoms with Crippen LogP contribution in [0.25, 0.3) is 61.1 Å². The summed E-state index contributed by atoms with van der Waals surface area (Å²) >= 11 is 0. The van der Waals surface area contributed by atoms with E-state index in [1.165, 1.54) is 38.8 Å². The van der Waals surface area contributed by atoms with Crippen LogP contribution in [-0.2, 0) is 6.42 Å². The van der Waals surface area contributed by atoms with E-state index >= 15 is 0 Å². The molecule has 0 unspecified atom stereocenters. The van der Waals surface area contributed by atoms with Gasteiger partial charge in [-0.1, -0.05) is 139 Å². The Hall–Kier alpha value is -9.96. The van der Waals surface area contributed by atoms with Crippen LogP contribution in [0.1, 0.15) is 31.4 Å². The molecule has 0 amide bonds. The lowest BCUT2D eigenvalue weighted by Gasteiger charge is -2.29. The molecule has 12 rings (SSSR count). The van der Waals surface area contributed by atoms with Crippen LogP contribution < -0.4 is 14.7 Å². The number of fused-ring (bicyclic) bond motifs is 5. The van der Waals surface area contributed by atoms with Gasteiger partial charge in [-0.3, -0.25) is 0 Å². The van der Waals surface area contributed by atoms with Crippen LogP contribution in [0, 0.1) is 19.3 Å². The second kappa shape index (κ2) is 21.7. The smallest absolute Gasteiger partial charge is 0.0973 e. The predicted molar refractivity (Wildman–Crippen MR) is 330 cm³/mol. The zero-order valence-electron chi connectivity index (χ0n) is 44.1. The van der Waals surface area contributed by atoms with Crippen LogP contribution in [0.5, 0.6) is 0 Å². The molecule has 0 radical (unpaired) electrons. The van der Waals surface area contributed by atoms with E-state index < -0.39 is 0 Å².